The summed E-state index contributed by atoms with van der Waals surface area (Å²) in [6.45, 7) is 9.40. The number of benzene rings is 3. The van der Waals surface area contributed by atoms with Crippen LogP contribution in [0.15, 0.2) is 77.7 Å². The number of sulfonamides is 1. The van der Waals surface area contributed by atoms with Gasteiger partial charge in [0.2, 0.25) is 11.8 Å². The van der Waals surface area contributed by atoms with E-state index in [-0.39, 0.29) is 17.3 Å². The first kappa shape index (κ1) is 27.9. The van der Waals surface area contributed by atoms with E-state index in [1.165, 1.54) is 17.0 Å². The highest BCUT2D eigenvalue weighted by atomic mass is 32.2. The zero-order valence-corrected chi connectivity index (χ0v) is 22.9. The summed E-state index contributed by atoms with van der Waals surface area (Å²) in [5.41, 5.74) is 4.17. The molecule has 2 amide bonds. The zero-order valence-electron chi connectivity index (χ0n) is 22.1. The molecule has 8 heteroatoms. The molecule has 0 radical (unpaired) electrons. The smallest absolute Gasteiger partial charge is 0.264 e. The number of amides is 2. The zero-order chi connectivity index (χ0) is 27.2. The number of likely N-dealkylation sites (N-methyl/N-ethyl adjacent to an activating group) is 1. The van der Waals surface area contributed by atoms with Crippen molar-refractivity contribution in [1.29, 1.82) is 0 Å². The highest BCUT2D eigenvalue weighted by Gasteiger charge is 2.32. The maximum absolute atomic E-state index is 13.9. The average Bonchev–Trinajstić information content (AvgIpc) is 2.88. The number of rotatable bonds is 10. The van der Waals surface area contributed by atoms with Gasteiger partial charge in [-0.05, 0) is 81.1 Å². The lowest BCUT2D eigenvalue weighted by Crippen LogP contribution is -2.51. The number of aryl methyl sites for hydroxylation is 3. The molecule has 3 aromatic carbocycles. The normalized spacial score (nSPS) is 12.0. The van der Waals surface area contributed by atoms with Gasteiger partial charge in [-0.25, -0.2) is 8.42 Å². The molecule has 0 spiro atoms. The summed E-state index contributed by atoms with van der Waals surface area (Å²) in [6, 6.07) is 20.2. The third kappa shape index (κ3) is 6.57. The molecular formula is C29H35N3O4S. The van der Waals surface area contributed by atoms with Crippen molar-refractivity contribution in [1.82, 2.24) is 10.2 Å². The number of carbonyl (C=O) groups is 2. The van der Waals surface area contributed by atoms with Crippen LogP contribution in [0.2, 0.25) is 0 Å². The van der Waals surface area contributed by atoms with E-state index in [9.17, 15) is 18.0 Å². The fourth-order valence-electron chi connectivity index (χ4n) is 4.00. The lowest BCUT2D eigenvalue weighted by Gasteiger charge is -2.32. The van der Waals surface area contributed by atoms with Gasteiger partial charge in [-0.15, -0.1) is 0 Å². The second-order valence-corrected chi connectivity index (χ2v) is 11.0. The summed E-state index contributed by atoms with van der Waals surface area (Å²) in [5, 5.41) is 2.77. The number of nitrogens with zero attached hydrogens (tertiary/aromatic N) is 2. The van der Waals surface area contributed by atoms with E-state index in [4.69, 9.17) is 0 Å². The van der Waals surface area contributed by atoms with Crippen LogP contribution in [0.4, 0.5) is 5.69 Å². The second-order valence-electron chi connectivity index (χ2n) is 9.11. The fraction of sp³-hybridized carbons (Fsp3) is 0.310. The molecule has 1 atom stereocenters. The number of hydrogen-bond donors (Lipinski definition) is 1. The maximum Gasteiger partial charge on any atom is 0.264 e. The molecule has 0 saturated heterocycles. The van der Waals surface area contributed by atoms with Crippen molar-refractivity contribution in [3.05, 3.63) is 95.1 Å². The Morgan fingerprint density at radius 3 is 2.14 bits per heavy atom. The minimum absolute atomic E-state index is 0.0863. The van der Waals surface area contributed by atoms with Crippen LogP contribution in [0.1, 0.15) is 36.1 Å². The van der Waals surface area contributed by atoms with E-state index in [0.717, 1.165) is 26.6 Å². The number of carbonyl (C=O) groups excluding carboxylic acids is 2. The van der Waals surface area contributed by atoms with E-state index in [0.29, 0.717) is 12.2 Å². The van der Waals surface area contributed by atoms with Crippen molar-refractivity contribution in [2.24, 2.45) is 0 Å². The van der Waals surface area contributed by atoms with Crippen molar-refractivity contribution in [2.75, 3.05) is 17.4 Å². The van der Waals surface area contributed by atoms with Crippen LogP contribution >= 0.6 is 0 Å². The standard InChI is InChI=1S/C29H35N3O4S/c1-6-30-29(34)24(5)31(19-25-13-11-10-12-22(25)3)28(33)20-32(26-17-16-21(2)23(4)18-26)37(35,36)27-14-8-7-9-15-27/h7-18,24H,6,19-20H2,1-5H3,(H,30,34)/t24-/m1/s1. The molecule has 7 nitrogen and oxygen atoms in total. The second kappa shape index (κ2) is 12.1. The van der Waals surface area contributed by atoms with E-state index in [1.54, 1.807) is 37.3 Å². The van der Waals surface area contributed by atoms with Crippen LogP contribution in [0.25, 0.3) is 0 Å². The van der Waals surface area contributed by atoms with Gasteiger partial charge in [-0.2, -0.15) is 0 Å². The molecule has 196 valence electrons. The van der Waals surface area contributed by atoms with E-state index >= 15 is 0 Å². The molecule has 0 bridgehead atoms. The Morgan fingerprint density at radius 1 is 0.865 bits per heavy atom. The van der Waals surface area contributed by atoms with Gasteiger partial charge in [0, 0.05) is 13.1 Å². The largest absolute Gasteiger partial charge is 0.355 e. The molecule has 1 N–H and O–H groups in total. The average molecular weight is 522 g/mol. The maximum atomic E-state index is 13.9. The predicted molar refractivity (Wildman–Crippen MR) is 147 cm³/mol. The van der Waals surface area contributed by atoms with Crippen LogP contribution in [0.5, 0.6) is 0 Å². The van der Waals surface area contributed by atoms with Gasteiger partial charge < -0.3 is 10.2 Å². The monoisotopic (exact) mass is 521 g/mol. The Hall–Kier alpha value is -3.65. The predicted octanol–water partition coefficient (Wildman–Crippen LogP) is 4.36. The summed E-state index contributed by atoms with van der Waals surface area (Å²) < 4.78 is 28.7. The molecule has 0 aromatic heterocycles. The molecule has 0 saturated carbocycles. The van der Waals surface area contributed by atoms with Gasteiger partial charge in [-0.1, -0.05) is 48.5 Å². The van der Waals surface area contributed by atoms with Crippen molar-refractivity contribution >= 4 is 27.5 Å². The molecule has 0 aliphatic rings. The van der Waals surface area contributed by atoms with Gasteiger partial charge in [-0.3, -0.25) is 13.9 Å². The molecular weight excluding hydrogens is 486 g/mol. The van der Waals surface area contributed by atoms with Gasteiger partial charge in [0.25, 0.3) is 10.0 Å². The fourth-order valence-corrected chi connectivity index (χ4v) is 5.43. The Kier molecular flexibility index (Phi) is 9.10. The first-order valence-electron chi connectivity index (χ1n) is 12.3. The van der Waals surface area contributed by atoms with Crippen LogP contribution in [0.3, 0.4) is 0 Å². The molecule has 0 aliphatic carbocycles. The Bertz CT molecular complexity index is 1360. The van der Waals surface area contributed by atoms with Gasteiger partial charge in [0.15, 0.2) is 0 Å². The Balaban J connectivity index is 2.05. The van der Waals surface area contributed by atoms with Gasteiger partial charge >= 0.3 is 0 Å². The Labute approximate surface area is 220 Å². The van der Waals surface area contributed by atoms with Gasteiger partial charge in [0.05, 0.1) is 10.6 Å². The van der Waals surface area contributed by atoms with Crippen molar-refractivity contribution in [3.63, 3.8) is 0 Å². The first-order valence-corrected chi connectivity index (χ1v) is 13.8. The van der Waals surface area contributed by atoms with E-state index < -0.39 is 28.5 Å². The third-order valence-corrected chi connectivity index (χ3v) is 8.30. The molecule has 0 aliphatic heterocycles. The topological polar surface area (TPSA) is 86.8 Å². The van der Waals surface area contributed by atoms with Crippen molar-refractivity contribution < 1.29 is 18.0 Å². The van der Waals surface area contributed by atoms with Crippen molar-refractivity contribution in [3.8, 4) is 0 Å². The van der Waals surface area contributed by atoms with Crippen LogP contribution in [0, 0.1) is 20.8 Å². The molecule has 0 heterocycles. The van der Waals surface area contributed by atoms with Crippen molar-refractivity contribution in [2.45, 2.75) is 52.1 Å². The molecule has 37 heavy (non-hydrogen) atoms. The SMILES string of the molecule is CCNC(=O)[C@@H](C)N(Cc1ccccc1C)C(=O)CN(c1ccc(C)c(C)c1)S(=O)(=O)c1ccccc1. The number of nitrogens with one attached hydrogen (secondary N) is 1. The van der Waals surface area contributed by atoms with E-state index in [2.05, 4.69) is 5.32 Å². The third-order valence-electron chi connectivity index (χ3n) is 6.51. The minimum atomic E-state index is -4.06. The quantitative estimate of drug-likeness (QED) is 0.430. The molecule has 3 aromatic rings. The first-order chi connectivity index (χ1) is 17.6. The number of anilines is 1. The summed E-state index contributed by atoms with van der Waals surface area (Å²) >= 11 is 0. The lowest BCUT2D eigenvalue weighted by molar-refractivity contribution is -0.139. The van der Waals surface area contributed by atoms with Crippen LogP contribution in [-0.2, 0) is 26.2 Å². The highest BCUT2D eigenvalue weighted by molar-refractivity contribution is 7.92. The Morgan fingerprint density at radius 2 is 1.51 bits per heavy atom. The van der Waals surface area contributed by atoms with Crippen LogP contribution < -0.4 is 9.62 Å². The van der Waals surface area contributed by atoms with Gasteiger partial charge in [0.1, 0.15) is 12.6 Å². The van der Waals surface area contributed by atoms with E-state index in [1.807, 2.05) is 58.0 Å². The summed E-state index contributed by atoms with van der Waals surface area (Å²) in [7, 11) is -4.06. The summed E-state index contributed by atoms with van der Waals surface area (Å²) in [5.74, 6) is -0.771. The highest BCUT2D eigenvalue weighted by Crippen LogP contribution is 2.26. The van der Waals surface area contributed by atoms with Crippen LogP contribution in [-0.4, -0.2) is 44.3 Å². The lowest BCUT2D eigenvalue weighted by atomic mass is 10.1. The molecule has 0 unspecified atom stereocenters. The molecule has 0 fully saturated rings. The molecule has 3 rings (SSSR count). The summed E-state index contributed by atoms with van der Waals surface area (Å²) in [6.07, 6.45) is 0. The number of hydrogen-bond acceptors (Lipinski definition) is 4. The summed E-state index contributed by atoms with van der Waals surface area (Å²) in [4.78, 5) is 28.2. The minimum Gasteiger partial charge on any atom is -0.355 e.